The minimum absolute atomic E-state index is 0.186. The number of likely N-dealkylation sites (tertiary alicyclic amines) is 1. The van der Waals surface area contributed by atoms with Gasteiger partial charge in [-0.15, -0.1) is 0 Å². The zero-order valence-corrected chi connectivity index (χ0v) is 21.4. The maximum Gasteiger partial charge on any atom is 0.430 e. The van der Waals surface area contributed by atoms with Crippen molar-refractivity contribution in [3.8, 4) is 0 Å². The molecule has 2 heterocycles. The van der Waals surface area contributed by atoms with Crippen LogP contribution in [0.1, 0.15) is 41.6 Å². The SMILES string of the molecule is CNC(=O)c1ccc(N2CCC(C3CCN(C(=O)C(O)(c4ccccc4)C(F)(F)F)CC3)CC2)cc1Cl. The lowest BCUT2D eigenvalue weighted by molar-refractivity contribution is -0.262. The smallest absolute Gasteiger partial charge is 0.371 e. The summed E-state index contributed by atoms with van der Waals surface area (Å²) in [6.07, 6.45) is -2.08. The number of amides is 2. The third-order valence-electron chi connectivity index (χ3n) is 7.73. The van der Waals surface area contributed by atoms with Crippen molar-refractivity contribution in [1.29, 1.82) is 0 Å². The molecule has 6 nitrogen and oxygen atoms in total. The number of nitrogens with zero attached hydrogens (tertiary/aromatic N) is 2. The first-order valence-electron chi connectivity index (χ1n) is 12.5. The van der Waals surface area contributed by atoms with E-state index in [1.54, 1.807) is 19.2 Å². The Labute approximate surface area is 219 Å². The maximum atomic E-state index is 13.9. The highest BCUT2D eigenvalue weighted by atomic mass is 35.5. The van der Waals surface area contributed by atoms with Gasteiger partial charge in [-0.3, -0.25) is 9.59 Å². The Morgan fingerprint density at radius 3 is 2.03 bits per heavy atom. The summed E-state index contributed by atoms with van der Waals surface area (Å²) in [5, 5.41) is 13.6. The van der Waals surface area contributed by atoms with Gasteiger partial charge in [-0.05, 0) is 55.7 Å². The first kappa shape index (κ1) is 27.3. The van der Waals surface area contributed by atoms with Gasteiger partial charge in [-0.25, -0.2) is 0 Å². The van der Waals surface area contributed by atoms with Gasteiger partial charge in [-0.1, -0.05) is 41.9 Å². The van der Waals surface area contributed by atoms with Crippen molar-refractivity contribution in [2.45, 2.75) is 37.5 Å². The van der Waals surface area contributed by atoms with E-state index in [2.05, 4.69) is 10.2 Å². The summed E-state index contributed by atoms with van der Waals surface area (Å²) < 4.78 is 41.7. The second-order valence-corrected chi connectivity index (χ2v) is 10.2. The van der Waals surface area contributed by atoms with Gasteiger partial charge in [0.05, 0.1) is 10.6 Å². The monoisotopic (exact) mass is 537 g/mol. The molecule has 2 saturated heterocycles. The molecular weight excluding hydrogens is 507 g/mol. The van der Waals surface area contributed by atoms with E-state index in [1.807, 2.05) is 6.07 Å². The largest absolute Gasteiger partial charge is 0.430 e. The van der Waals surface area contributed by atoms with Crippen LogP contribution in [0.15, 0.2) is 48.5 Å². The number of hydrogen-bond acceptors (Lipinski definition) is 4. The van der Waals surface area contributed by atoms with Crippen molar-refractivity contribution in [2.24, 2.45) is 11.8 Å². The van der Waals surface area contributed by atoms with E-state index < -0.39 is 23.2 Å². The first-order chi connectivity index (χ1) is 17.6. The summed E-state index contributed by atoms with van der Waals surface area (Å²) in [6.45, 7) is 1.99. The predicted molar refractivity (Wildman–Crippen MR) is 135 cm³/mol. The van der Waals surface area contributed by atoms with Crippen LogP contribution < -0.4 is 10.2 Å². The summed E-state index contributed by atoms with van der Waals surface area (Å²) in [4.78, 5) is 28.2. The third-order valence-corrected chi connectivity index (χ3v) is 8.05. The van der Waals surface area contributed by atoms with Crippen LogP contribution in [0.25, 0.3) is 0 Å². The van der Waals surface area contributed by atoms with Crippen LogP contribution in [0.5, 0.6) is 0 Å². The maximum absolute atomic E-state index is 13.9. The number of anilines is 1. The molecule has 0 aliphatic carbocycles. The van der Waals surface area contributed by atoms with Crippen LogP contribution in [0.2, 0.25) is 5.02 Å². The van der Waals surface area contributed by atoms with E-state index in [9.17, 15) is 27.9 Å². The Hall–Kier alpha value is -2.78. The highest BCUT2D eigenvalue weighted by Gasteiger charge is 2.62. The summed E-state index contributed by atoms with van der Waals surface area (Å²) in [6, 6.07) is 11.9. The number of nitrogens with one attached hydrogen (secondary N) is 1. The van der Waals surface area contributed by atoms with Gasteiger partial charge in [-0.2, -0.15) is 13.2 Å². The number of halogens is 4. The number of carbonyl (C=O) groups is 2. The number of piperidine rings is 2. The van der Waals surface area contributed by atoms with Crippen LogP contribution in [0.4, 0.5) is 18.9 Å². The molecule has 37 heavy (non-hydrogen) atoms. The van der Waals surface area contributed by atoms with Crippen LogP contribution >= 0.6 is 11.6 Å². The zero-order chi connectivity index (χ0) is 26.8. The fourth-order valence-electron chi connectivity index (χ4n) is 5.54. The minimum atomic E-state index is -5.13. The molecule has 2 aromatic carbocycles. The van der Waals surface area contributed by atoms with Gasteiger partial charge in [0.1, 0.15) is 0 Å². The molecule has 200 valence electrons. The fraction of sp³-hybridized carbons (Fsp3) is 0.481. The molecule has 2 aliphatic rings. The normalized spacial score (nSPS) is 19.4. The highest BCUT2D eigenvalue weighted by Crippen LogP contribution is 2.42. The zero-order valence-electron chi connectivity index (χ0n) is 20.6. The Morgan fingerprint density at radius 2 is 1.51 bits per heavy atom. The first-order valence-corrected chi connectivity index (χ1v) is 12.8. The van der Waals surface area contributed by atoms with Crippen LogP contribution in [0, 0.1) is 11.8 Å². The van der Waals surface area contributed by atoms with Crippen molar-refractivity contribution < 1.29 is 27.9 Å². The summed E-state index contributed by atoms with van der Waals surface area (Å²) in [5.74, 6) is -0.833. The molecule has 10 heteroatoms. The Kier molecular flexibility index (Phi) is 8.04. The fourth-order valence-corrected chi connectivity index (χ4v) is 5.80. The molecule has 2 aliphatic heterocycles. The van der Waals surface area contributed by atoms with Gasteiger partial charge in [0.2, 0.25) is 0 Å². The Bertz CT molecular complexity index is 1110. The molecule has 1 atom stereocenters. The van der Waals surface area contributed by atoms with Gasteiger partial charge in [0, 0.05) is 44.5 Å². The molecule has 2 fully saturated rings. The van der Waals surface area contributed by atoms with Gasteiger partial charge in [0.25, 0.3) is 17.4 Å². The van der Waals surface area contributed by atoms with E-state index in [4.69, 9.17) is 11.6 Å². The van der Waals surface area contributed by atoms with E-state index in [-0.39, 0.29) is 19.0 Å². The molecule has 0 aromatic heterocycles. The van der Waals surface area contributed by atoms with Gasteiger partial charge in [0.15, 0.2) is 0 Å². The lowest BCUT2D eigenvalue weighted by Gasteiger charge is -2.42. The number of carbonyl (C=O) groups excluding carboxylic acids is 2. The molecule has 2 N–H and O–H groups in total. The quantitative estimate of drug-likeness (QED) is 0.584. The lowest BCUT2D eigenvalue weighted by atomic mass is 9.78. The second-order valence-electron chi connectivity index (χ2n) is 9.77. The van der Waals surface area contributed by atoms with E-state index in [0.29, 0.717) is 35.3 Å². The number of hydrogen-bond donors (Lipinski definition) is 2. The van der Waals surface area contributed by atoms with Crippen molar-refractivity contribution in [2.75, 3.05) is 38.1 Å². The molecule has 0 saturated carbocycles. The average Bonchev–Trinajstić information content (AvgIpc) is 2.91. The topological polar surface area (TPSA) is 72.9 Å². The molecular formula is C27H31ClF3N3O3. The van der Waals surface area contributed by atoms with Crippen LogP contribution in [-0.4, -0.2) is 61.2 Å². The van der Waals surface area contributed by atoms with Crippen molar-refractivity contribution >= 4 is 29.1 Å². The number of rotatable bonds is 5. The molecule has 0 radical (unpaired) electrons. The minimum Gasteiger partial charge on any atom is -0.371 e. The van der Waals surface area contributed by atoms with Crippen LogP contribution in [0.3, 0.4) is 0 Å². The number of benzene rings is 2. The van der Waals surface area contributed by atoms with E-state index in [0.717, 1.165) is 48.7 Å². The van der Waals surface area contributed by atoms with E-state index >= 15 is 0 Å². The summed E-state index contributed by atoms with van der Waals surface area (Å²) in [7, 11) is 1.55. The molecule has 0 bridgehead atoms. The number of aliphatic hydroxyl groups is 1. The van der Waals surface area contributed by atoms with Crippen molar-refractivity contribution in [3.05, 3.63) is 64.7 Å². The molecule has 1 unspecified atom stereocenters. The second kappa shape index (κ2) is 10.9. The summed E-state index contributed by atoms with van der Waals surface area (Å²) in [5.41, 5.74) is -2.65. The summed E-state index contributed by atoms with van der Waals surface area (Å²) >= 11 is 6.30. The van der Waals surface area contributed by atoms with Gasteiger partial charge < -0.3 is 20.2 Å². The van der Waals surface area contributed by atoms with Crippen molar-refractivity contribution in [1.82, 2.24) is 10.2 Å². The van der Waals surface area contributed by atoms with Crippen molar-refractivity contribution in [3.63, 3.8) is 0 Å². The van der Waals surface area contributed by atoms with Crippen LogP contribution in [-0.2, 0) is 10.4 Å². The Morgan fingerprint density at radius 1 is 0.946 bits per heavy atom. The third kappa shape index (κ3) is 5.43. The average molecular weight is 538 g/mol. The predicted octanol–water partition coefficient (Wildman–Crippen LogP) is 4.60. The lowest BCUT2D eigenvalue weighted by Crippen LogP contribution is -2.57. The Balaban J connectivity index is 1.34. The molecule has 2 amide bonds. The standard InChI is InChI=1S/C27H31ClF3N3O3/c1-32-24(35)22-8-7-21(17-23(22)28)33-13-9-18(10-14-33)19-11-15-34(16-12-19)25(36)26(37,27(29,30)31)20-5-3-2-4-6-20/h2-8,17-19,37H,9-16H2,1H3,(H,32,35). The van der Waals surface area contributed by atoms with Gasteiger partial charge >= 0.3 is 6.18 Å². The molecule has 0 spiro atoms. The molecule has 4 rings (SSSR count). The van der Waals surface area contributed by atoms with E-state index in [1.165, 1.54) is 18.2 Å². The molecule has 2 aromatic rings. The number of alkyl halides is 3. The highest BCUT2D eigenvalue weighted by molar-refractivity contribution is 6.34.